The van der Waals surface area contributed by atoms with Gasteiger partial charge in [-0.25, -0.2) is 9.86 Å². The molecule has 7 heteroatoms. The largest absolute Gasteiger partial charge is 0.444 e. The number of hydrogen-bond acceptors (Lipinski definition) is 5. The average Bonchev–Trinajstić information content (AvgIpc) is 2.61. The van der Waals surface area contributed by atoms with Crippen molar-refractivity contribution in [3.63, 3.8) is 0 Å². The molecule has 2 aromatic rings. The van der Waals surface area contributed by atoms with Crippen molar-refractivity contribution in [1.82, 2.24) is 5.06 Å². The Hall–Kier alpha value is -3.37. The van der Waals surface area contributed by atoms with E-state index in [4.69, 9.17) is 10.00 Å². The molecule has 2 amide bonds. The number of carbonyl (C=O) groups is 2. The summed E-state index contributed by atoms with van der Waals surface area (Å²) in [5.41, 5.74) is 2.03. The van der Waals surface area contributed by atoms with Gasteiger partial charge in [-0.2, -0.15) is 5.26 Å². The van der Waals surface area contributed by atoms with Crippen LogP contribution >= 0.6 is 0 Å². The molecule has 0 aliphatic rings. The summed E-state index contributed by atoms with van der Waals surface area (Å²) in [5, 5.41) is 22.2. The second kappa shape index (κ2) is 8.55. The standard InChI is InChI=1S/C21H23N3O4/c1-14-11-17(9-10-18(14)23-20(26)28-21(2,3)4)19(25)24(27)13-16-7-5-15(12-22)6-8-16/h5-11,27H,13H2,1-4H3,(H,23,26). The summed E-state index contributed by atoms with van der Waals surface area (Å²) in [4.78, 5) is 24.3. The smallest absolute Gasteiger partial charge is 0.412 e. The minimum Gasteiger partial charge on any atom is -0.444 e. The molecule has 28 heavy (non-hydrogen) atoms. The summed E-state index contributed by atoms with van der Waals surface area (Å²) in [7, 11) is 0. The van der Waals surface area contributed by atoms with Gasteiger partial charge >= 0.3 is 6.09 Å². The third-order valence-electron chi connectivity index (χ3n) is 3.76. The van der Waals surface area contributed by atoms with Gasteiger partial charge in [-0.1, -0.05) is 12.1 Å². The summed E-state index contributed by atoms with van der Waals surface area (Å²) < 4.78 is 5.21. The minimum absolute atomic E-state index is 0.0124. The Labute approximate surface area is 164 Å². The summed E-state index contributed by atoms with van der Waals surface area (Å²) in [5.74, 6) is -0.573. The van der Waals surface area contributed by atoms with E-state index in [1.165, 1.54) is 6.07 Å². The van der Waals surface area contributed by atoms with Gasteiger partial charge in [-0.3, -0.25) is 15.3 Å². The number of nitriles is 1. The highest BCUT2D eigenvalue weighted by Crippen LogP contribution is 2.19. The Morgan fingerprint density at radius 2 is 1.82 bits per heavy atom. The molecule has 0 spiro atoms. The number of rotatable bonds is 4. The number of carbonyl (C=O) groups excluding carboxylic acids is 2. The fourth-order valence-electron chi connectivity index (χ4n) is 2.43. The fraction of sp³-hybridized carbons (Fsp3) is 0.286. The van der Waals surface area contributed by atoms with Crippen LogP contribution in [-0.4, -0.2) is 27.9 Å². The van der Waals surface area contributed by atoms with Crippen LogP contribution in [0, 0.1) is 18.3 Å². The van der Waals surface area contributed by atoms with E-state index in [2.05, 4.69) is 5.32 Å². The third kappa shape index (κ3) is 5.83. The molecule has 0 saturated carbocycles. The highest BCUT2D eigenvalue weighted by molar-refractivity contribution is 5.95. The van der Waals surface area contributed by atoms with Gasteiger partial charge < -0.3 is 4.74 Å². The van der Waals surface area contributed by atoms with Gasteiger partial charge in [0.15, 0.2) is 0 Å². The molecule has 2 N–H and O–H groups in total. The highest BCUT2D eigenvalue weighted by Gasteiger charge is 2.18. The van der Waals surface area contributed by atoms with Gasteiger partial charge in [-0.05, 0) is 69.2 Å². The SMILES string of the molecule is Cc1cc(C(=O)N(O)Cc2ccc(C#N)cc2)ccc1NC(=O)OC(C)(C)C. The zero-order valence-electron chi connectivity index (χ0n) is 16.3. The van der Waals surface area contributed by atoms with E-state index >= 15 is 0 Å². The lowest BCUT2D eigenvalue weighted by atomic mass is 10.1. The van der Waals surface area contributed by atoms with Crippen molar-refractivity contribution in [3.8, 4) is 6.07 Å². The second-order valence-corrected chi connectivity index (χ2v) is 7.33. The molecule has 2 rings (SSSR count). The molecule has 0 fully saturated rings. The molecule has 0 unspecified atom stereocenters. The molecule has 0 saturated heterocycles. The Bertz CT molecular complexity index is 909. The molecule has 0 heterocycles. The van der Waals surface area contributed by atoms with E-state index in [0.29, 0.717) is 27.4 Å². The lowest BCUT2D eigenvalue weighted by Crippen LogP contribution is -2.28. The monoisotopic (exact) mass is 381 g/mol. The Morgan fingerprint density at radius 1 is 1.18 bits per heavy atom. The van der Waals surface area contributed by atoms with Crippen molar-refractivity contribution in [2.45, 2.75) is 39.8 Å². The van der Waals surface area contributed by atoms with Crippen LogP contribution in [-0.2, 0) is 11.3 Å². The van der Waals surface area contributed by atoms with Gasteiger partial charge in [0.1, 0.15) is 5.60 Å². The first-order chi connectivity index (χ1) is 13.1. The van der Waals surface area contributed by atoms with Crippen LogP contribution in [0.15, 0.2) is 42.5 Å². The number of ether oxygens (including phenoxy) is 1. The molecular formula is C21H23N3O4. The van der Waals surface area contributed by atoms with E-state index in [1.807, 2.05) is 6.07 Å². The predicted octanol–water partition coefficient (Wildman–Crippen LogP) is 4.25. The van der Waals surface area contributed by atoms with Gasteiger partial charge in [0.2, 0.25) is 0 Å². The number of nitrogens with zero attached hydrogens (tertiary/aromatic N) is 2. The summed E-state index contributed by atoms with van der Waals surface area (Å²) in [6.45, 7) is 7.04. The quantitative estimate of drug-likeness (QED) is 0.609. The first kappa shape index (κ1) is 20.9. The highest BCUT2D eigenvalue weighted by atomic mass is 16.6. The summed E-state index contributed by atoms with van der Waals surface area (Å²) >= 11 is 0. The maximum absolute atomic E-state index is 12.5. The van der Waals surface area contributed by atoms with E-state index < -0.39 is 17.6 Å². The number of benzene rings is 2. The van der Waals surface area contributed by atoms with Crippen LogP contribution in [0.5, 0.6) is 0 Å². The fourth-order valence-corrected chi connectivity index (χ4v) is 2.43. The van der Waals surface area contributed by atoms with Crippen molar-refractivity contribution in [2.75, 3.05) is 5.32 Å². The van der Waals surface area contributed by atoms with Crippen LogP contribution < -0.4 is 5.32 Å². The molecule has 0 bridgehead atoms. The van der Waals surface area contributed by atoms with Crippen molar-refractivity contribution >= 4 is 17.7 Å². The minimum atomic E-state index is -0.614. The number of aryl methyl sites for hydroxylation is 1. The van der Waals surface area contributed by atoms with Crippen molar-refractivity contribution in [1.29, 1.82) is 5.26 Å². The molecule has 0 radical (unpaired) electrons. The molecule has 0 aliphatic carbocycles. The molecular weight excluding hydrogens is 358 g/mol. The molecule has 0 aliphatic heterocycles. The zero-order chi connectivity index (χ0) is 20.9. The molecule has 146 valence electrons. The summed E-state index contributed by atoms with van der Waals surface area (Å²) in [6, 6.07) is 13.3. The lowest BCUT2D eigenvalue weighted by Gasteiger charge is -2.20. The number of hydroxylamine groups is 2. The molecule has 0 aromatic heterocycles. The Morgan fingerprint density at radius 3 is 2.36 bits per heavy atom. The normalized spacial score (nSPS) is 10.7. The van der Waals surface area contributed by atoms with E-state index in [-0.39, 0.29) is 12.1 Å². The molecule has 7 nitrogen and oxygen atoms in total. The van der Waals surface area contributed by atoms with Crippen LogP contribution in [0.4, 0.5) is 10.5 Å². The molecule has 0 atom stereocenters. The van der Waals surface area contributed by atoms with Gasteiger partial charge in [0.05, 0.1) is 18.2 Å². The number of amides is 2. The Balaban J connectivity index is 2.06. The zero-order valence-corrected chi connectivity index (χ0v) is 16.3. The van der Waals surface area contributed by atoms with Crippen molar-refractivity contribution in [3.05, 3.63) is 64.7 Å². The third-order valence-corrected chi connectivity index (χ3v) is 3.76. The molecule has 2 aromatic carbocycles. The Kier molecular flexibility index (Phi) is 6.39. The lowest BCUT2D eigenvalue weighted by molar-refractivity contribution is -0.0648. The maximum atomic E-state index is 12.5. The first-order valence-electron chi connectivity index (χ1n) is 8.69. The van der Waals surface area contributed by atoms with Crippen LogP contribution in [0.1, 0.15) is 47.8 Å². The van der Waals surface area contributed by atoms with Gasteiger partial charge in [0.25, 0.3) is 5.91 Å². The average molecular weight is 381 g/mol. The number of anilines is 1. The van der Waals surface area contributed by atoms with Crippen molar-refractivity contribution < 1.29 is 19.5 Å². The van der Waals surface area contributed by atoms with Crippen LogP contribution in [0.25, 0.3) is 0 Å². The first-order valence-corrected chi connectivity index (χ1v) is 8.69. The van der Waals surface area contributed by atoms with Crippen LogP contribution in [0.3, 0.4) is 0 Å². The predicted molar refractivity (Wildman–Crippen MR) is 104 cm³/mol. The second-order valence-electron chi connectivity index (χ2n) is 7.33. The topological polar surface area (TPSA) is 103 Å². The van der Waals surface area contributed by atoms with E-state index in [9.17, 15) is 14.8 Å². The number of nitrogens with one attached hydrogen (secondary N) is 1. The van der Waals surface area contributed by atoms with E-state index in [0.717, 1.165) is 0 Å². The van der Waals surface area contributed by atoms with Crippen molar-refractivity contribution in [2.24, 2.45) is 0 Å². The maximum Gasteiger partial charge on any atom is 0.412 e. The number of hydrogen-bond donors (Lipinski definition) is 2. The van der Waals surface area contributed by atoms with Gasteiger partial charge in [0, 0.05) is 11.3 Å². The summed E-state index contributed by atoms with van der Waals surface area (Å²) in [6.07, 6.45) is -0.584. The van der Waals surface area contributed by atoms with Crippen LogP contribution in [0.2, 0.25) is 0 Å². The van der Waals surface area contributed by atoms with Gasteiger partial charge in [-0.15, -0.1) is 0 Å². The van der Waals surface area contributed by atoms with E-state index in [1.54, 1.807) is 64.1 Å².